The number of hydrogen-bond acceptors (Lipinski definition) is 4. The highest BCUT2D eigenvalue weighted by molar-refractivity contribution is 7.03. The highest BCUT2D eigenvalue weighted by atomic mass is 32.1. The lowest BCUT2D eigenvalue weighted by Crippen LogP contribution is -2.18. The van der Waals surface area contributed by atoms with Crippen LogP contribution in [0.25, 0.3) is 0 Å². The van der Waals surface area contributed by atoms with Gasteiger partial charge < -0.3 is 0 Å². The Balaban J connectivity index is 2.93. The van der Waals surface area contributed by atoms with Gasteiger partial charge in [0.15, 0.2) is 0 Å². The number of nitrogens with zero attached hydrogens (tertiary/aromatic N) is 1. The molecule has 0 radical (unpaired) electrons. The summed E-state index contributed by atoms with van der Waals surface area (Å²) in [7, 11) is 0. The number of aromatic nitrogens is 1. The van der Waals surface area contributed by atoms with E-state index in [-0.39, 0.29) is 0 Å². The summed E-state index contributed by atoms with van der Waals surface area (Å²) in [6.07, 6.45) is 0. The van der Waals surface area contributed by atoms with E-state index in [2.05, 4.69) is 4.37 Å². The first-order valence-electron chi connectivity index (χ1n) is 2.61. The number of nitrogens with one attached hydrogen (secondary N) is 1. The highest BCUT2D eigenvalue weighted by Gasteiger charge is 2.08. The zero-order chi connectivity index (χ0) is 7.56. The summed E-state index contributed by atoms with van der Waals surface area (Å²) in [5.41, 5.74) is 2.60. The van der Waals surface area contributed by atoms with Crippen molar-refractivity contribution in [2.45, 2.75) is 6.92 Å². The van der Waals surface area contributed by atoms with Gasteiger partial charge in [0.2, 0.25) is 0 Å². The third-order valence-electron chi connectivity index (χ3n) is 1.10. The molecular weight excluding hydrogens is 152 g/mol. The number of hydroxylamine groups is 1. The molecule has 0 aromatic carbocycles. The number of hydrogen-bond donors (Lipinski definition) is 2. The second-order valence-corrected chi connectivity index (χ2v) is 2.38. The molecule has 0 aliphatic carbocycles. The SMILES string of the molecule is Cc1nscc1C(=O)NO. The molecule has 0 unspecified atom stereocenters. The Morgan fingerprint density at radius 1 is 1.90 bits per heavy atom. The normalized spacial score (nSPS) is 9.40. The van der Waals surface area contributed by atoms with E-state index in [4.69, 9.17) is 5.21 Å². The molecule has 0 saturated heterocycles. The van der Waals surface area contributed by atoms with Crippen molar-refractivity contribution in [2.75, 3.05) is 0 Å². The molecule has 1 aromatic heterocycles. The summed E-state index contributed by atoms with van der Waals surface area (Å²) in [5, 5.41) is 9.79. The lowest BCUT2D eigenvalue weighted by molar-refractivity contribution is 0.0706. The predicted molar refractivity (Wildman–Crippen MR) is 36.1 cm³/mol. The minimum Gasteiger partial charge on any atom is -0.288 e. The van der Waals surface area contributed by atoms with Gasteiger partial charge in [0.25, 0.3) is 5.91 Å². The molecule has 0 aliphatic rings. The molecule has 2 N–H and O–H groups in total. The van der Waals surface area contributed by atoms with Crippen LogP contribution in [0.2, 0.25) is 0 Å². The van der Waals surface area contributed by atoms with Gasteiger partial charge in [-0.3, -0.25) is 10.0 Å². The molecule has 5 heteroatoms. The van der Waals surface area contributed by atoms with Crippen molar-refractivity contribution >= 4 is 17.4 Å². The van der Waals surface area contributed by atoms with E-state index in [1.54, 1.807) is 12.3 Å². The summed E-state index contributed by atoms with van der Waals surface area (Å²) in [6.45, 7) is 1.71. The molecular formula is C5H6N2O2S. The standard InChI is InChI=1S/C5H6N2O2S/c1-3-4(2-10-7-3)5(8)6-9/h2,9H,1H3,(H,6,8). The van der Waals surface area contributed by atoms with Crippen LogP contribution < -0.4 is 5.48 Å². The number of aryl methyl sites for hydroxylation is 1. The van der Waals surface area contributed by atoms with Gasteiger partial charge in [-0.2, -0.15) is 4.37 Å². The van der Waals surface area contributed by atoms with Gasteiger partial charge in [-0.1, -0.05) is 0 Å². The average molecular weight is 158 g/mol. The Labute approximate surface area is 61.6 Å². The first kappa shape index (κ1) is 7.17. The fourth-order valence-electron chi connectivity index (χ4n) is 0.571. The molecule has 1 aromatic rings. The van der Waals surface area contributed by atoms with Crippen molar-refractivity contribution in [1.29, 1.82) is 0 Å². The molecule has 1 rings (SSSR count). The maximum Gasteiger partial charge on any atom is 0.277 e. The zero-order valence-electron chi connectivity index (χ0n) is 5.29. The second kappa shape index (κ2) is 2.76. The third-order valence-corrected chi connectivity index (χ3v) is 1.82. The van der Waals surface area contributed by atoms with Crippen molar-refractivity contribution in [3.63, 3.8) is 0 Å². The molecule has 0 atom stereocenters. The molecule has 0 spiro atoms. The molecule has 4 nitrogen and oxygen atoms in total. The summed E-state index contributed by atoms with van der Waals surface area (Å²) in [6, 6.07) is 0. The van der Waals surface area contributed by atoms with Gasteiger partial charge in [-0.05, 0) is 18.5 Å². The van der Waals surface area contributed by atoms with Gasteiger partial charge in [0.1, 0.15) is 0 Å². The summed E-state index contributed by atoms with van der Waals surface area (Å²) in [4.78, 5) is 10.7. The number of carbonyl (C=O) groups is 1. The minimum atomic E-state index is -0.508. The zero-order valence-corrected chi connectivity index (χ0v) is 6.10. The topological polar surface area (TPSA) is 62.2 Å². The molecule has 0 fully saturated rings. The monoisotopic (exact) mass is 158 g/mol. The summed E-state index contributed by atoms with van der Waals surface area (Å²) >= 11 is 1.19. The third kappa shape index (κ3) is 1.14. The Kier molecular flexibility index (Phi) is 1.98. The van der Waals surface area contributed by atoms with Gasteiger partial charge in [0, 0.05) is 5.38 Å². The molecule has 1 amide bonds. The van der Waals surface area contributed by atoms with Crippen LogP contribution in [-0.4, -0.2) is 15.5 Å². The Bertz CT molecular complexity index is 246. The maximum absolute atomic E-state index is 10.7. The van der Waals surface area contributed by atoms with Gasteiger partial charge in [-0.25, -0.2) is 5.48 Å². The molecule has 0 aliphatic heterocycles. The van der Waals surface area contributed by atoms with E-state index in [0.29, 0.717) is 11.3 Å². The lowest BCUT2D eigenvalue weighted by Gasteiger charge is -1.92. The summed E-state index contributed by atoms with van der Waals surface area (Å²) < 4.78 is 3.86. The van der Waals surface area contributed by atoms with Crippen LogP contribution >= 0.6 is 11.5 Å². The second-order valence-electron chi connectivity index (χ2n) is 1.75. The largest absolute Gasteiger partial charge is 0.288 e. The maximum atomic E-state index is 10.7. The van der Waals surface area contributed by atoms with Crippen molar-refractivity contribution in [3.05, 3.63) is 16.6 Å². The van der Waals surface area contributed by atoms with Crippen LogP contribution in [0.15, 0.2) is 5.38 Å². The van der Waals surface area contributed by atoms with Gasteiger partial charge in [0.05, 0.1) is 11.3 Å². The van der Waals surface area contributed by atoms with Crippen molar-refractivity contribution in [1.82, 2.24) is 9.85 Å². The van der Waals surface area contributed by atoms with Gasteiger partial charge >= 0.3 is 0 Å². The van der Waals surface area contributed by atoms with E-state index in [1.165, 1.54) is 17.0 Å². The van der Waals surface area contributed by atoms with Crippen LogP contribution in [0.5, 0.6) is 0 Å². The fourth-order valence-corrected chi connectivity index (χ4v) is 1.26. The number of amides is 1. The van der Waals surface area contributed by atoms with Crippen LogP contribution in [0.1, 0.15) is 16.1 Å². The van der Waals surface area contributed by atoms with E-state index >= 15 is 0 Å². The van der Waals surface area contributed by atoms with Crippen LogP contribution in [0, 0.1) is 6.92 Å². The molecule has 54 valence electrons. The van der Waals surface area contributed by atoms with E-state index in [9.17, 15) is 4.79 Å². The highest BCUT2D eigenvalue weighted by Crippen LogP contribution is 2.07. The lowest BCUT2D eigenvalue weighted by atomic mass is 10.3. The number of rotatable bonds is 1. The van der Waals surface area contributed by atoms with E-state index < -0.39 is 5.91 Å². The quantitative estimate of drug-likeness (QED) is 0.464. The molecule has 0 saturated carbocycles. The molecule has 1 heterocycles. The van der Waals surface area contributed by atoms with Crippen molar-refractivity contribution < 1.29 is 10.0 Å². The van der Waals surface area contributed by atoms with Crippen LogP contribution in [0.4, 0.5) is 0 Å². The van der Waals surface area contributed by atoms with Crippen LogP contribution in [0.3, 0.4) is 0 Å². The van der Waals surface area contributed by atoms with E-state index in [1.807, 2.05) is 0 Å². The smallest absolute Gasteiger partial charge is 0.277 e. The van der Waals surface area contributed by atoms with Crippen molar-refractivity contribution in [2.24, 2.45) is 0 Å². The predicted octanol–water partition coefficient (Wildman–Crippen LogP) is 0.571. The first-order chi connectivity index (χ1) is 4.75. The Hall–Kier alpha value is -0.940. The first-order valence-corrected chi connectivity index (χ1v) is 3.44. The van der Waals surface area contributed by atoms with E-state index in [0.717, 1.165) is 0 Å². The molecule has 10 heavy (non-hydrogen) atoms. The Morgan fingerprint density at radius 3 is 3.00 bits per heavy atom. The number of carbonyl (C=O) groups excluding carboxylic acids is 1. The van der Waals surface area contributed by atoms with Crippen LogP contribution in [-0.2, 0) is 0 Å². The van der Waals surface area contributed by atoms with Gasteiger partial charge in [-0.15, -0.1) is 0 Å². The Morgan fingerprint density at radius 2 is 2.60 bits per heavy atom. The fraction of sp³-hybridized carbons (Fsp3) is 0.200. The summed E-state index contributed by atoms with van der Waals surface area (Å²) in [5.74, 6) is -0.508. The minimum absolute atomic E-state index is 0.424. The molecule has 0 bridgehead atoms. The van der Waals surface area contributed by atoms with Crippen molar-refractivity contribution in [3.8, 4) is 0 Å². The average Bonchev–Trinajstić information content (AvgIpc) is 2.34.